The number of anilines is 1. The Morgan fingerprint density at radius 1 is 1.26 bits per heavy atom. The van der Waals surface area contributed by atoms with E-state index in [9.17, 15) is 4.79 Å². The predicted octanol–water partition coefficient (Wildman–Crippen LogP) is 2.15. The van der Waals surface area contributed by atoms with Gasteiger partial charge in [0.15, 0.2) is 11.0 Å². The third-order valence-electron chi connectivity index (χ3n) is 4.91. The topological polar surface area (TPSA) is 41.1 Å². The normalized spacial score (nSPS) is 20.1. The van der Waals surface area contributed by atoms with E-state index < -0.39 is 0 Å². The van der Waals surface area contributed by atoms with Crippen LogP contribution in [-0.2, 0) is 4.79 Å². The number of thioether (sulfide) groups is 1. The zero-order chi connectivity index (χ0) is 18.8. The summed E-state index contributed by atoms with van der Waals surface area (Å²) in [4.78, 5) is 18.9. The molecule has 1 aromatic heterocycles. The molecule has 0 bridgehead atoms. The average Bonchev–Trinajstić information content (AvgIpc) is 3.27. The molecule has 27 heavy (non-hydrogen) atoms. The number of benzene rings is 1. The molecule has 2 aliphatic heterocycles. The van der Waals surface area contributed by atoms with E-state index in [2.05, 4.69) is 36.1 Å². The molecule has 1 N–H and O–H groups in total. The summed E-state index contributed by atoms with van der Waals surface area (Å²) in [6.07, 6.45) is 3.37. The number of furan rings is 1. The molecular formula is C20H22N3O2S2+. The van der Waals surface area contributed by atoms with Gasteiger partial charge in [-0.2, -0.15) is 0 Å². The Hall–Kier alpha value is -2.09. The molecule has 7 heteroatoms. The Kier molecular flexibility index (Phi) is 5.33. The molecule has 5 nitrogen and oxygen atoms in total. The van der Waals surface area contributed by atoms with E-state index in [1.54, 1.807) is 17.2 Å². The summed E-state index contributed by atoms with van der Waals surface area (Å²) in [6.45, 7) is 6.69. The Morgan fingerprint density at radius 2 is 2.07 bits per heavy atom. The molecule has 0 aliphatic carbocycles. The smallest absolute Gasteiger partial charge is 0.270 e. The van der Waals surface area contributed by atoms with E-state index in [1.165, 1.54) is 27.9 Å². The van der Waals surface area contributed by atoms with E-state index in [1.807, 2.05) is 12.1 Å². The van der Waals surface area contributed by atoms with Crippen molar-refractivity contribution in [3.63, 3.8) is 0 Å². The van der Waals surface area contributed by atoms with Crippen molar-refractivity contribution in [2.24, 2.45) is 0 Å². The van der Waals surface area contributed by atoms with Crippen molar-refractivity contribution >= 4 is 46.0 Å². The van der Waals surface area contributed by atoms with Gasteiger partial charge in [-0.05, 0) is 36.8 Å². The monoisotopic (exact) mass is 400 g/mol. The number of nitrogens with one attached hydrogen (secondary N) is 1. The summed E-state index contributed by atoms with van der Waals surface area (Å²) in [5.74, 6) is 0.657. The fraction of sp³-hybridized carbons (Fsp3) is 0.300. The van der Waals surface area contributed by atoms with Crippen LogP contribution < -0.4 is 9.80 Å². The van der Waals surface area contributed by atoms with Crippen molar-refractivity contribution in [1.82, 2.24) is 4.90 Å². The van der Waals surface area contributed by atoms with Gasteiger partial charge >= 0.3 is 0 Å². The molecule has 2 aliphatic rings. The van der Waals surface area contributed by atoms with Gasteiger partial charge < -0.3 is 14.2 Å². The maximum atomic E-state index is 12.7. The number of thiocarbonyl (C=S) groups is 1. The third-order valence-corrected chi connectivity index (χ3v) is 6.29. The van der Waals surface area contributed by atoms with Crippen LogP contribution in [0.5, 0.6) is 0 Å². The molecule has 4 rings (SSSR count). The SMILES string of the molecule is Cc1cccc(N2CC[NH+](CN3C(=O)/C(=C\c4ccco4)SC3=S)CC2)c1. The van der Waals surface area contributed by atoms with Crippen LogP contribution in [0.1, 0.15) is 11.3 Å². The summed E-state index contributed by atoms with van der Waals surface area (Å²) in [5.41, 5.74) is 2.56. The maximum absolute atomic E-state index is 12.7. The van der Waals surface area contributed by atoms with Crippen LogP contribution >= 0.6 is 24.0 Å². The highest BCUT2D eigenvalue weighted by Gasteiger charge is 2.35. The Bertz CT molecular complexity index is 871. The standard InChI is InChI=1S/C20H21N3O2S2/c1-15-4-2-5-16(12-15)22-9-7-21(8-10-22)14-23-19(24)18(27-20(23)26)13-17-6-3-11-25-17/h2-6,11-13H,7-10,14H2,1H3/p+1/b18-13+. The van der Waals surface area contributed by atoms with E-state index in [0.717, 1.165) is 26.2 Å². The number of aryl methyl sites for hydroxylation is 1. The highest BCUT2D eigenvalue weighted by atomic mass is 32.2. The lowest BCUT2D eigenvalue weighted by molar-refractivity contribution is -0.907. The second-order valence-corrected chi connectivity index (χ2v) is 8.54. The van der Waals surface area contributed by atoms with Gasteiger partial charge in [0.05, 0.1) is 37.3 Å². The zero-order valence-corrected chi connectivity index (χ0v) is 16.8. The Morgan fingerprint density at radius 3 is 2.78 bits per heavy atom. The van der Waals surface area contributed by atoms with Gasteiger partial charge in [-0.15, -0.1) is 0 Å². The minimum absolute atomic E-state index is 0.0185. The van der Waals surface area contributed by atoms with Crippen molar-refractivity contribution in [3.8, 4) is 0 Å². The highest BCUT2D eigenvalue weighted by molar-refractivity contribution is 8.26. The molecule has 3 heterocycles. The third kappa shape index (κ3) is 4.10. The number of rotatable bonds is 4. The molecule has 1 aromatic carbocycles. The molecular weight excluding hydrogens is 378 g/mol. The summed E-state index contributed by atoms with van der Waals surface area (Å²) >= 11 is 6.80. The first-order chi connectivity index (χ1) is 13.1. The van der Waals surface area contributed by atoms with Gasteiger partial charge in [-0.25, -0.2) is 4.90 Å². The minimum atomic E-state index is -0.0185. The number of nitrogens with zero attached hydrogens (tertiary/aromatic N) is 2. The first-order valence-corrected chi connectivity index (χ1v) is 10.3. The van der Waals surface area contributed by atoms with Crippen molar-refractivity contribution in [1.29, 1.82) is 0 Å². The molecule has 0 unspecified atom stereocenters. The number of quaternary nitrogens is 1. The molecule has 2 fully saturated rings. The fourth-order valence-corrected chi connectivity index (χ4v) is 4.66. The van der Waals surface area contributed by atoms with Crippen molar-refractivity contribution in [2.45, 2.75) is 6.92 Å². The Balaban J connectivity index is 1.36. The number of piperazine rings is 1. The van der Waals surface area contributed by atoms with E-state index in [0.29, 0.717) is 21.7 Å². The Labute approximate surface area is 168 Å². The van der Waals surface area contributed by atoms with Crippen LogP contribution in [0, 0.1) is 6.92 Å². The van der Waals surface area contributed by atoms with E-state index in [-0.39, 0.29) is 5.91 Å². The molecule has 0 saturated carbocycles. The van der Waals surface area contributed by atoms with Gasteiger partial charge in [-0.3, -0.25) is 4.79 Å². The maximum Gasteiger partial charge on any atom is 0.270 e. The first-order valence-electron chi connectivity index (χ1n) is 9.04. The van der Waals surface area contributed by atoms with Gasteiger partial charge in [0.1, 0.15) is 5.76 Å². The largest absolute Gasteiger partial charge is 0.465 e. The van der Waals surface area contributed by atoms with Crippen LogP contribution in [-0.4, -0.2) is 48.0 Å². The zero-order valence-electron chi connectivity index (χ0n) is 15.2. The molecule has 0 spiro atoms. The molecule has 0 atom stereocenters. The second kappa shape index (κ2) is 7.88. The van der Waals surface area contributed by atoms with E-state index >= 15 is 0 Å². The molecule has 2 saturated heterocycles. The summed E-state index contributed by atoms with van der Waals surface area (Å²) < 4.78 is 5.94. The van der Waals surface area contributed by atoms with Crippen LogP contribution in [0.25, 0.3) is 6.08 Å². The van der Waals surface area contributed by atoms with Crippen molar-refractivity contribution in [2.75, 3.05) is 37.7 Å². The lowest BCUT2D eigenvalue weighted by Gasteiger charge is -2.35. The average molecular weight is 401 g/mol. The summed E-state index contributed by atoms with van der Waals surface area (Å²) in [6, 6.07) is 12.3. The van der Waals surface area contributed by atoms with Crippen LogP contribution in [0.2, 0.25) is 0 Å². The summed E-state index contributed by atoms with van der Waals surface area (Å²) in [7, 11) is 0. The molecule has 0 radical (unpaired) electrons. The van der Waals surface area contributed by atoms with Gasteiger partial charge in [0.25, 0.3) is 5.91 Å². The molecule has 1 amide bonds. The minimum Gasteiger partial charge on any atom is -0.465 e. The van der Waals surface area contributed by atoms with Crippen LogP contribution in [0.4, 0.5) is 5.69 Å². The lowest BCUT2D eigenvalue weighted by atomic mass is 10.2. The number of amides is 1. The highest BCUT2D eigenvalue weighted by Crippen LogP contribution is 2.31. The number of carbonyl (C=O) groups is 1. The predicted molar refractivity (Wildman–Crippen MR) is 113 cm³/mol. The van der Waals surface area contributed by atoms with Crippen LogP contribution in [0.15, 0.2) is 52.0 Å². The number of carbonyl (C=O) groups excluding carboxylic acids is 1. The van der Waals surface area contributed by atoms with Gasteiger partial charge in [-0.1, -0.05) is 36.1 Å². The lowest BCUT2D eigenvalue weighted by Crippen LogP contribution is -3.16. The fourth-order valence-electron chi connectivity index (χ4n) is 3.43. The van der Waals surface area contributed by atoms with Crippen LogP contribution in [0.3, 0.4) is 0 Å². The van der Waals surface area contributed by atoms with Crippen molar-refractivity contribution < 1.29 is 14.1 Å². The first kappa shape index (κ1) is 18.3. The summed E-state index contributed by atoms with van der Waals surface area (Å²) in [5, 5.41) is 0. The van der Waals surface area contributed by atoms with Gasteiger partial charge in [0.2, 0.25) is 0 Å². The van der Waals surface area contributed by atoms with E-state index in [4.69, 9.17) is 16.6 Å². The quantitative estimate of drug-likeness (QED) is 0.629. The number of hydrogen-bond donors (Lipinski definition) is 1. The number of hydrogen-bond acceptors (Lipinski definition) is 5. The second-order valence-electron chi connectivity index (χ2n) is 6.86. The van der Waals surface area contributed by atoms with Gasteiger partial charge in [0, 0.05) is 11.8 Å². The molecule has 140 valence electrons. The van der Waals surface area contributed by atoms with Crippen molar-refractivity contribution in [3.05, 3.63) is 58.9 Å². The molecule has 2 aromatic rings.